The number of aliphatic carboxylic acids is 1. The summed E-state index contributed by atoms with van der Waals surface area (Å²) in [5.41, 5.74) is 0.769. The molecule has 0 amide bonds. The van der Waals surface area contributed by atoms with Crippen molar-refractivity contribution in [1.82, 2.24) is 0 Å². The molecule has 0 saturated heterocycles. The van der Waals surface area contributed by atoms with E-state index in [1.165, 1.54) is 18.2 Å². The van der Waals surface area contributed by atoms with Crippen LogP contribution >= 0.6 is 0 Å². The summed E-state index contributed by atoms with van der Waals surface area (Å²) in [6, 6.07) is 13.0. The van der Waals surface area contributed by atoms with Gasteiger partial charge in [-0.05, 0) is 35.9 Å². The van der Waals surface area contributed by atoms with E-state index in [9.17, 15) is 9.59 Å². The lowest BCUT2D eigenvalue weighted by molar-refractivity contribution is -0.131. The molecule has 0 aromatic heterocycles. The second-order valence-corrected chi connectivity index (χ2v) is 4.27. The molecular formula is C17H16O6. The zero-order valence-electron chi connectivity index (χ0n) is 12.3. The highest BCUT2D eigenvalue weighted by Crippen LogP contribution is 2.14. The van der Waals surface area contributed by atoms with Gasteiger partial charge in [-0.1, -0.05) is 24.3 Å². The Morgan fingerprint density at radius 2 is 1.61 bits per heavy atom. The highest BCUT2D eigenvalue weighted by molar-refractivity contribution is 5.90. The van der Waals surface area contributed by atoms with E-state index in [1.807, 2.05) is 0 Å². The third-order valence-electron chi connectivity index (χ3n) is 2.67. The number of ether oxygens (including phenoxy) is 1. The highest BCUT2D eigenvalue weighted by atomic mass is 16.5. The number of aromatic carboxylic acids is 1. The number of phenols is 1. The molecule has 2 rings (SSSR count). The average Bonchev–Trinajstić information content (AvgIpc) is 2.54. The lowest BCUT2D eigenvalue weighted by atomic mass is 10.2. The molecule has 3 N–H and O–H groups in total. The number of hydrogen-bond donors (Lipinski definition) is 3. The summed E-state index contributed by atoms with van der Waals surface area (Å²) in [4.78, 5) is 20.4. The van der Waals surface area contributed by atoms with Gasteiger partial charge in [-0.25, -0.2) is 9.59 Å². The van der Waals surface area contributed by atoms with Crippen LogP contribution < -0.4 is 4.74 Å². The van der Waals surface area contributed by atoms with Gasteiger partial charge >= 0.3 is 11.9 Å². The molecule has 0 radical (unpaired) electrons. The molecule has 0 fully saturated rings. The van der Waals surface area contributed by atoms with E-state index < -0.39 is 11.9 Å². The molecule has 2 aromatic rings. The fourth-order valence-electron chi connectivity index (χ4n) is 1.54. The Labute approximate surface area is 132 Å². The van der Waals surface area contributed by atoms with E-state index in [4.69, 9.17) is 20.1 Å². The van der Waals surface area contributed by atoms with Crippen LogP contribution in [0.15, 0.2) is 54.6 Å². The van der Waals surface area contributed by atoms with Gasteiger partial charge in [0.15, 0.2) is 0 Å². The van der Waals surface area contributed by atoms with Gasteiger partial charge < -0.3 is 20.1 Å². The lowest BCUT2D eigenvalue weighted by Gasteiger charge is -1.98. The average molecular weight is 316 g/mol. The molecule has 0 atom stereocenters. The minimum Gasteiger partial charge on any atom is -0.507 e. The summed E-state index contributed by atoms with van der Waals surface area (Å²) in [6.07, 6.45) is 2.63. The van der Waals surface area contributed by atoms with Crippen LogP contribution in [0, 0.1) is 0 Å². The fourth-order valence-corrected chi connectivity index (χ4v) is 1.54. The van der Waals surface area contributed by atoms with Crippen molar-refractivity contribution in [2.75, 3.05) is 7.11 Å². The second-order valence-electron chi connectivity index (χ2n) is 4.27. The molecule has 0 saturated carbocycles. The standard InChI is InChI=1S/C10H10O3.C7H6O3/c1-13-9-5-2-8(3-6-9)4-7-10(11)12;8-6-4-2-1-3-5(6)7(9)10/h2-7H,1H3,(H,11,12);1-4,8H,(H,9,10). The van der Waals surface area contributed by atoms with Gasteiger partial charge in [0.2, 0.25) is 0 Å². The second kappa shape index (κ2) is 8.89. The van der Waals surface area contributed by atoms with Crippen molar-refractivity contribution < 1.29 is 29.6 Å². The van der Waals surface area contributed by atoms with Crippen molar-refractivity contribution in [1.29, 1.82) is 0 Å². The predicted molar refractivity (Wildman–Crippen MR) is 84.7 cm³/mol. The van der Waals surface area contributed by atoms with Crippen molar-refractivity contribution in [3.8, 4) is 11.5 Å². The van der Waals surface area contributed by atoms with Crippen LogP contribution in [0.5, 0.6) is 11.5 Å². The topological polar surface area (TPSA) is 104 Å². The van der Waals surface area contributed by atoms with Crippen LogP contribution in [0.4, 0.5) is 0 Å². The smallest absolute Gasteiger partial charge is 0.339 e. The van der Waals surface area contributed by atoms with Crippen molar-refractivity contribution >= 4 is 18.0 Å². The maximum atomic E-state index is 10.3. The molecule has 6 nitrogen and oxygen atoms in total. The molecule has 0 aliphatic rings. The molecule has 0 bridgehead atoms. The number of carboxylic acid groups (broad SMARTS) is 2. The van der Waals surface area contributed by atoms with E-state index in [0.29, 0.717) is 0 Å². The van der Waals surface area contributed by atoms with Gasteiger partial charge in [-0.15, -0.1) is 0 Å². The Kier molecular flexibility index (Phi) is 6.87. The van der Waals surface area contributed by atoms with Gasteiger partial charge in [0.25, 0.3) is 0 Å². The van der Waals surface area contributed by atoms with Crippen molar-refractivity contribution in [3.05, 3.63) is 65.7 Å². The molecular weight excluding hydrogens is 300 g/mol. The van der Waals surface area contributed by atoms with E-state index >= 15 is 0 Å². The molecule has 6 heteroatoms. The van der Waals surface area contributed by atoms with Crippen molar-refractivity contribution in [3.63, 3.8) is 0 Å². The molecule has 0 heterocycles. The molecule has 23 heavy (non-hydrogen) atoms. The predicted octanol–water partition coefficient (Wildman–Crippen LogP) is 2.88. The molecule has 120 valence electrons. The molecule has 0 unspecified atom stereocenters. The van der Waals surface area contributed by atoms with E-state index in [0.717, 1.165) is 17.4 Å². The number of methoxy groups -OCH3 is 1. The van der Waals surface area contributed by atoms with Crippen molar-refractivity contribution in [2.45, 2.75) is 0 Å². The quantitative estimate of drug-likeness (QED) is 0.749. The zero-order valence-corrected chi connectivity index (χ0v) is 12.3. The summed E-state index contributed by atoms with van der Waals surface area (Å²) in [5, 5.41) is 25.7. The maximum absolute atomic E-state index is 10.3. The number of rotatable bonds is 4. The SMILES string of the molecule is COc1ccc(C=CC(=O)O)cc1.O=C(O)c1ccccc1O. The Morgan fingerprint density at radius 1 is 1.00 bits per heavy atom. The Bertz CT molecular complexity index is 688. The molecule has 0 aliphatic heterocycles. The lowest BCUT2D eigenvalue weighted by Crippen LogP contribution is -1.95. The first kappa shape index (κ1) is 17.8. The van der Waals surface area contributed by atoms with Crippen LogP contribution in [0.1, 0.15) is 15.9 Å². The van der Waals surface area contributed by atoms with Gasteiger partial charge in [-0.3, -0.25) is 0 Å². The summed E-state index contributed by atoms with van der Waals surface area (Å²) < 4.78 is 4.95. The third-order valence-corrected chi connectivity index (χ3v) is 2.67. The first-order valence-electron chi connectivity index (χ1n) is 6.50. The van der Waals surface area contributed by atoms with Crippen LogP contribution in [-0.4, -0.2) is 34.4 Å². The Hall–Kier alpha value is -3.28. The number of hydrogen-bond acceptors (Lipinski definition) is 4. The summed E-state index contributed by atoms with van der Waals surface area (Å²) in [6.45, 7) is 0. The number of para-hydroxylation sites is 1. The van der Waals surface area contributed by atoms with Crippen LogP contribution in [0.3, 0.4) is 0 Å². The number of carbonyl (C=O) groups is 2. The molecule has 0 spiro atoms. The van der Waals surface area contributed by atoms with E-state index in [2.05, 4.69) is 0 Å². The van der Waals surface area contributed by atoms with Crippen LogP contribution in [-0.2, 0) is 4.79 Å². The van der Waals surface area contributed by atoms with Crippen LogP contribution in [0.25, 0.3) is 6.08 Å². The number of aromatic hydroxyl groups is 1. The normalized spacial score (nSPS) is 9.78. The maximum Gasteiger partial charge on any atom is 0.339 e. The first-order chi connectivity index (χ1) is 10.9. The van der Waals surface area contributed by atoms with Gasteiger partial charge in [0.05, 0.1) is 7.11 Å². The third kappa shape index (κ3) is 6.34. The number of carboxylic acids is 2. The Balaban J connectivity index is 0.000000238. The van der Waals surface area contributed by atoms with E-state index in [-0.39, 0.29) is 11.3 Å². The fraction of sp³-hybridized carbons (Fsp3) is 0.0588. The minimum atomic E-state index is -1.11. The Morgan fingerprint density at radius 3 is 2.04 bits per heavy atom. The highest BCUT2D eigenvalue weighted by Gasteiger charge is 2.05. The van der Waals surface area contributed by atoms with E-state index in [1.54, 1.807) is 43.5 Å². The summed E-state index contributed by atoms with van der Waals surface area (Å²) >= 11 is 0. The monoisotopic (exact) mass is 316 g/mol. The van der Waals surface area contributed by atoms with Crippen molar-refractivity contribution in [2.24, 2.45) is 0 Å². The first-order valence-corrected chi connectivity index (χ1v) is 6.50. The summed E-state index contributed by atoms with van der Waals surface area (Å²) in [5.74, 6) is -1.50. The van der Waals surface area contributed by atoms with Gasteiger partial charge in [0, 0.05) is 6.08 Å². The molecule has 2 aromatic carbocycles. The van der Waals surface area contributed by atoms with Gasteiger partial charge in [0.1, 0.15) is 17.1 Å². The largest absolute Gasteiger partial charge is 0.507 e. The number of benzene rings is 2. The van der Waals surface area contributed by atoms with Gasteiger partial charge in [-0.2, -0.15) is 0 Å². The van der Waals surface area contributed by atoms with Crippen LogP contribution in [0.2, 0.25) is 0 Å². The minimum absolute atomic E-state index is 0.0671. The zero-order chi connectivity index (χ0) is 17.2. The summed E-state index contributed by atoms with van der Waals surface area (Å²) in [7, 11) is 1.59. The molecule has 0 aliphatic carbocycles.